The molecule has 0 amide bonds. The number of halogens is 1. The minimum absolute atomic E-state index is 0.177. The number of benzene rings is 1. The van der Waals surface area contributed by atoms with Gasteiger partial charge in [-0.05, 0) is 43.3 Å². The molecule has 2 aromatic heterocycles. The van der Waals surface area contributed by atoms with Crippen molar-refractivity contribution in [1.29, 1.82) is 5.26 Å². The maximum atomic E-state index is 12.3. The first-order valence-corrected chi connectivity index (χ1v) is 7.58. The maximum absolute atomic E-state index is 12.3. The molecule has 0 spiro atoms. The highest BCUT2D eigenvalue weighted by Gasteiger charge is 2.13. The monoisotopic (exact) mass is 340 g/mol. The Kier molecular flexibility index (Phi) is 4.11. The summed E-state index contributed by atoms with van der Waals surface area (Å²) in [6, 6.07) is 11.4. The number of pyridine rings is 2. The van der Waals surface area contributed by atoms with Crippen molar-refractivity contribution < 1.29 is 0 Å². The fourth-order valence-corrected chi connectivity index (χ4v) is 2.66. The van der Waals surface area contributed by atoms with Crippen LogP contribution >= 0.6 is 11.6 Å². The second-order valence-corrected chi connectivity index (χ2v) is 5.81. The van der Waals surface area contributed by atoms with Crippen molar-refractivity contribution in [2.45, 2.75) is 13.0 Å². The molecule has 0 saturated carbocycles. The molecule has 3 rings (SSSR count). The van der Waals surface area contributed by atoms with Gasteiger partial charge in [0.25, 0.3) is 11.1 Å². The number of hydrogen-bond donors (Lipinski definition) is 3. The van der Waals surface area contributed by atoms with Gasteiger partial charge in [-0.25, -0.2) is 0 Å². The summed E-state index contributed by atoms with van der Waals surface area (Å²) in [5, 5.41) is 13.1. The summed E-state index contributed by atoms with van der Waals surface area (Å²) >= 11 is 5.99. The largest absolute Gasteiger partial charge is 0.374 e. The summed E-state index contributed by atoms with van der Waals surface area (Å²) in [4.78, 5) is 29.5. The quantitative estimate of drug-likeness (QED) is 0.682. The van der Waals surface area contributed by atoms with Crippen LogP contribution in [0.3, 0.4) is 0 Å². The van der Waals surface area contributed by atoms with E-state index in [1.807, 2.05) is 6.07 Å². The van der Waals surface area contributed by atoms with E-state index in [1.165, 1.54) is 12.1 Å². The van der Waals surface area contributed by atoms with Crippen LogP contribution in [-0.2, 0) is 0 Å². The molecule has 0 bridgehead atoms. The van der Waals surface area contributed by atoms with Crippen molar-refractivity contribution in [2.24, 2.45) is 0 Å². The summed E-state index contributed by atoms with van der Waals surface area (Å²) in [5.41, 5.74) is 0.977. The summed E-state index contributed by atoms with van der Waals surface area (Å²) in [6.07, 6.45) is 0. The van der Waals surface area contributed by atoms with Crippen LogP contribution in [0, 0.1) is 11.3 Å². The van der Waals surface area contributed by atoms with Crippen LogP contribution in [-0.4, -0.2) is 9.97 Å². The van der Waals surface area contributed by atoms with Gasteiger partial charge in [0.05, 0.1) is 6.04 Å². The first-order valence-electron chi connectivity index (χ1n) is 7.20. The molecule has 0 saturated heterocycles. The normalized spacial score (nSPS) is 11.9. The van der Waals surface area contributed by atoms with E-state index in [9.17, 15) is 9.59 Å². The summed E-state index contributed by atoms with van der Waals surface area (Å²) < 4.78 is 0. The molecule has 2 heterocycles. The Morgan fingerprint density at radius 3 is 2.62 bits per heavy atom. The van der Waals surface area contributed by atoms with E-state index in [1.54, 1.807) is 31.2 Å². The molecular formula is C17H13ClN4O2. The van der Waals surface area contributed by atoms with Crippen molar-refractivity contribution in [3.8, 4) is 6.07 Å². The van der Waals surface area contributed by atoms with Gasteiger partial charge < -0.3 is 15.3 Å². The van der Waals surface area contributed by atoms with Gasteiger partial charge in [0.2, 0.25) is 0 Å². The summed E-state index contributed by atoms with van der Waals surface area (Å²) in [5.74, 6) is 0. The zero-order valence-corrected chi connectivity index (χ0v) is 13.4. The van der Waals surface area contributed by atoms with Gasteiger partial charge in [0.15, 0.2) is 0 Å². The first kappa shape index (κ1) is 15.8. The maximum Gasteiger partial charge on any atom is 0.272 e. The van der Waals surface area contributed by atoms with E-state index in [4.69, 9.17) is 16.9 Å². The fourth-order valence-electron chi connectivity index (χ4n) is 2.48. The smallest absolute Gasteiger partial charge is 0.272 e. The van der Waals surface area contributed by atoms with Crippen molar-refractivity contribution >= 4 is 28.2 Å². The van der Waals surface area contributed by atoms with Gasteiger partial charge in [-0.1, -0.05) is 11.6 Å². The van der Waals surface area contributed by atoms with E-state index >= 15 is 0 Å². The molecule has 0 fully saturated rings. The first-order chi connectivity index (χ1) is 11.5. The second-order valence-electron chi connectivity index (χ2n) is 5.38. The van der Waals surface area contributed by atoms with Crippen molar-refractivity contribution in [1.82, 2.24) is 9.97 Å². The molecule has 1 aromatic carbocycles. The minimum atomic E-state index is -0.416. The lowest BCUT2D eigenvalue weighted by atomic mass is 10.1. The van der Waals surface area contributed by atoms with Gasteiger partial charge in [-0.2, -0.15) is 5.26 Å². The molecule has 0 aliphatic heterocycles. The molecule has 3 N–H and O–H groups in total. The number of H-pyrrole nitrogens is 2. The minimum Gasteiger partial charge on any atom is -0.374 e. The van der Waals surface area contributed by atoms with Crippen molar-refractivity contribution in [3.05, 3.63) is 73.4 Å². The third-order valence-corrected chi connectivity index (χ3v) is 3.94. The Morgan fingerprint density at radius 1 is 1.12 bits per heavy atom. The molecule has 7 heteroatoms. The van der Waals surface area contributed by atoms with Gasteiger partial charge in [-0.15, -0.1) is 0 Å². The molecular weight excluding hydrogens is 328 g/mol. The molecule has 3 aromatic rings. The summed E-state index contributed by atoms with van der Waals surface area (Å²) in [7, 11) is 0. The SMILES string of the molecule is CC(Nc1ccc(C#N)[nH]c1=O)c1cc2cc(Cl)ccc2[nH]c1=O. The van der Waals surface area contributed by atoms with Crippen LogP contribution in [0.2, 0.25) is 5.02 Å². The molecule has 0 aliphatic carbocycles. The van der Waals surface area contributed by atoms with Gasteiger partial charge >= 0.3 is 0 Å². The third kappa shape index (κ3) is 3.03. The van der Waals surface area contributed by atoms with Crippen molar-refractivity contribution in [3.63, 3.8) is 0 Å². The molecule has 6 nitrogen and oxygen atoms in total. The van der Waals surface area contributed by atoms with Crippen LogP contribution in [0.1, 0.15) is 24.2 Å². The highest BCUT2D eigenvalue weighted by Crippen LogP contribution is 2.21. The zero-order chi connectivity index (χ0) is 17.3. The Bertz CT molecular complexity index is 1080. The highest BCUT2D eigenvalue weighted by atomic mass is 35.5. The van der Waals surface area contributed by atoms with E-state index in [0.717, 1.165) is 5.39 Å². The number of fused-ring (bicyclic) bond motifs is 1. The van der Waals surface area contributed by atoms with E-state index in [0.29, 0.717) is 16.1 Å². The number of nitrogens with zero attached hydrogens (tertiary/aromatic N) is 1. The Hall–Kier alpha value is -3.04. The molecule has 0 aliphatic rings. The molecule has 1 atom stereocenters. The Morgan fingerprint density at radius 2 is 1.92 bits per heavy atom. The lowest BCUT2D eigenvalue weighted by Gasteiger charge is -2.15. The Labute approximate surface area is 141 Å². The third-order valence-electron chi connectivity index (χ3n) is 3.70. The number of aromatic nitrogens is 2. The number of nitrogens with one attached hydrogen (secondary N) is 3. The van der Waals surface area contributed by atoms with Gasteiger partial charge in [-0.3, -0.25) is 9.59 Å². The van der Waals surface area contributed by atoms with Crippen molar-refractivity contribution in [2.75, 3.05) is 5.32 Å². The van der Waals surface area contributed by atoms with Crippen LogP contribution < -0.4 is 16.4 Å². The van der Waals surface area contributed by atoms with E-state index in [2.05, 4.69) is 15.3 Å². The second kappa shape index (κ2) is 6.22. The molecule has 0 radical (unpaired) electrons. The van der Waals surface area contributed by atoms with Gasteiger partial charge in [0, 0.05) is 21.5 Å². The van der Waals surface area contributed by atoms with Crippen LogP contribution in [0.5, 0.6) is 0 Å². The van der Waals surface area contributed by atoms with Crippen LogP contribution in [0.15, 0.2) is 46.0 Å². The summed E-state index contributed by atoms with van der Waals surface area (Å²) in [6.45, 7) is 1.78. The predicted molar refractivity (Wildman–Crippen MR) is 93.4 cm³/mol. The average molecular weight is 341 g/mol. The molecule has 24 heavy (non-hydrogen) atoms. The average Bonchev–Trinajstić information content (AvgIpc) is 2.56. The van der Waals surface area contributed by atoms with Crippen LogP contribution in [0.4, 0.5) is 5.69 Å². The number of aromatic amines is 2. The number of nitriles is 1. The highest BCUT2D eigenvalue weighted by molar-refractivity contribution is 6.31. The molecule has 1 unspecified atom stereocenters. The number of rotatable bonds is 3. The number of anilines is 1. The predicted octanol–water partition coefficient (Wildman–Crippen LogP) is 2.91. The van der Waals surface area contributed by atoms with Crippen LogP contribution in [0.25, 0.3) is 10.9 Å². The topological polar surface area (TPSA) is 102 Å². The van der Waals surface area contributed by atoms with E-state index in [-0.39, 0.29) is 16.9 Å². The lowest BCUT2D eigenvalue weighted by molar-refractivity contribution is 0.861. The standard InChI is InChI=1S/C17H13ClN4O2/c1-9(20-15-5-3-12(8-19)21-17(15)24)13-7-10-6-11(18)2-4-14(10)22-16(13)23/h2-7,9,20H,1H3,(H,21,24)(H,22,23). The lowest BCUT2D eigenvalue weighted by Crippen LogP contribution is -2.22. The van der Waals surface area contributed by atoms with E-state index < -0.39 is 11.6 Å². The number of hydrogen-bond acceptors (Lipinski definition) is 4. The zero-order valence-electron chi connectivity index (χ0n) is 12.7. The fraction of sp³-hybridized carbons (Fsp3) is 0.118. The molecule has 120 valence electrons. The van der Waals surface area contributed by atoms with Gasteiger partial charge in [0.1, 0.15) is 17.5 Å². The Balaban J connectivity index is 1.98.